The van der Waals surface area contributed by atoms with Gasteiger partial charge in [0.15, 0.2) is 5.13 Å². The van der Waals surface area contributed by atoms with Crippen LogP contribution in [0.2, 0.25) is 0 Å². The molecule has 4 rings (SSSR count). The zero-order valence-electron chi connectivity index (χ0n) is 15.6. The number of pyridine rings is 1. The minimum Gasteiger partial charge on any atom is -0.497 e. The van der Waals surface area contributed by atoms with Crippen molar-refractivity contribution in [2.45, 2.75) is 13.8 Å². The van der Waals surface area contributed by atoms with E-state index < -0.39 is 0 Å². The molecule has 0 aliphatic rings. The fraction of sp³-hybridized carbons (Fsp3) is 0.200. The second kappa shape index (κ2) is 6.92. The molecule has 3 heterocycles. The first-order chi connectivity index (χ1) is 13.1. The van der Waals surface area contributed by atoms with Crippen LogP contribution in [0.1, 0.15) is 11.3 Å². The number of anilines is 2. The molecule has 7 heteroatoms. The average molecular weight is 380 g/mol. The van der Waals surface area contributed by atoms with Gasteiger partial charge >= 0.3 is 0 Å². The fourth-order valence-corrected chi connectivity index (χ4v) is 3.75. The Morgan fingerprint density at radius 2 is 1.89 bits per heavy atom. The van der Waals surface area contributed by atoms with Gasteiger partial charge < -0.3 is 14.8 Å². The molecule has 0 aliphatic carbocycles. The second-order valence-corrected chi connectivity index (χ2v) is 7.07. The van der Waals surface area contributed by atoms with E-state index in [1.165, 1.54) is 16.9 Å². The van der Waals surface area contributed by atoms with Crippen LogP contribution < -0.4 is 14.8 Å². The largest absolute Gasteiger partial charge is 0.497 e. The van der Waals surface area contributed by atoms with Gasteiger partial charge in [-0.3, -0.25) is 4.40 Å². The minimum absolute atomic E-state index is 0.731. The summed E-state index contributed by atoms with van der Waals surface area (Å²) in [5.74, 6) is 1.48. The molecule has 0 aliphatic heterocycles. The molecule has 27 heavy (non-hydrogen) atoms. The average Bonchev–Trinajstić information content (AvgIpc) is 3.24. The molecule has 0 saturated heterocycles. The molecule has 1 aromatic carbocycles. The fourth-order valence-electron chi connectivity index (χ4n) is 3.04. The number of imidazole rings is 1. The summed E-state index contributed by atoms with van der Waals surface area (Å²) in [5, 5.41) is 6.14. The van der Waals surface area contributed by atoms with Gasteiger partial charge in [0.2, 0.25) is 0 Å². The third-order valence-electron chi connectivity index (χ3n) is 4.35. The number of thiazole rings is 1. The predicted octanol–water partition coefficient (Wildman–Crippen LogP) is 4.84. The maximum absolute atomic E-state index is 5.43. The summed E-state index contributed by atoms with van der Waals surface area (Å²) >= 11 is 1.54. The molecule has 0 fully saturated rings. The first kappa shape index (κ1) is 17.4. The molecule has 0 radical (unpaired) electrons. The lowest BCUT2D eigenvalue weighted by atomic mass is 10.2. The van der Waals surface area contributed by atoms with E-state index in [1.807, 2.05) is 36.7 Å². The highest BCUT2D eigenvalue weighted by Gasteiger charge is 2.15. The highest BCUT2D eigenvalue weighted by atomic mass is 32.1. The van der Waals surface area contributed by atoms with Gasteiger partial charge in [0.05, 0.1) is 31.3 Å². The van der Waals surface area contributed by atoms with E-state index in [2.05, 4.69) is 33.8 Å². The number of rotatable bonds is 5. The van der Waals surface area contributed by atoms with E-state index in [9.17, 15) is 0 Å². The Labute approximate surface area is 161 Å². The number of ether oxygens (including phenoxy) is 2. The molecule has 0 unspecified atom stereocenters. The van der Waals surface area contributed by atoms with Crippen LogP contribution >= 0.6 is 11.3 Å². The van der Waals surface area contributed by atoms with Crippen molar-refractivity contribution in [2.24, 2.45) is 0 Å². The first-order valence-corrected chi connectivity index (χ1v) is 9.37. The van der Waals surface area contributed by atoms with Gasteiger partial charge in [-0.1, -0.05) is 0 Å². The predicted molar refractivity (Wildman–Crippen MR) is 109 cm³/mol. The second-order valence-electron chi connectivity index (χ2n) is 6.21. The van der Waals surface area contributed by atoms with Crippen LogP contribution in [0.3, 0.4) is 0 Å². The standard InChI is InChI=1S/C20H20N4O2S/c1-12-7-8-24-18(9-12)21-13(2)19(24)16-11-27-20(23-16)22-15-10-14(25-3)5-6-17(15)26-4/h5-11H,1-4H3,(H,22,23). The number of hydrogen-bond acceptors (Lipinski definition) is 6. The zero-order chi connectivity index (χ0) is 19.0. The molecule has 0 atom stereocenters. The quantitative estimate of drug-likeness (QED) is 0.537. The summed E-state index contributed by atoms with van der Waals surface area (Å²) < 4.78 is 12.8. The molecule has 0 saturated carbocycles. The third-order valence-corrected chi connectivity index (χ3v) is 5.11. The summed E-state index contributed by atoms with van der Waals surface area (Å²) in [7, 11) is 3.28. The van der Waals surface area contributed by atoms with Crippen LogP contribution in [0.5, 0.6) is 11.5 Å². The lowest BCUT2D eigenvalue weighted by Crippen LogP contribution is -1.96. The molecule has 0 spiro atoms. The van der Waals surface area contributed by atoms with Gasteiger partial charge in [-0.05, 0) is 43.7 Å². The van der Waals surface area contributed by atoms with Crippen LogP contribution in [0.4, 0.5) is 10.8 Å². The Hall–Kier alpha value is -3.06. The van der Waals surface area contributed by atoms with E-state index in [4.69, 9.17) is 14.5 Å². The van der Waals surface area contributed by atoms with E-state index in [-0.39, 0.29) is 0 Å². The van der Waals surface area contributed by atoms with Crippen molar-refractivity contribution < 1.29 is 9.47 Å². The number of fused-ring (bicyclic) bond motifs is 1. The molecule has 0 amide bonds. The number of benzene rings is 1. The number of hydrogen-bond donors (Lipinski definition) is 1. The maximum atomic E-state index is 5.43. The molecule has 4 aromatic rings. The number of aryl methyl sites for hydroxylation is 2. The van der Waals surface area contributed by atoms with Crippen LogP contribution in [0.25, 0.3) is 17.0 Å². The monoisotopic (exact) mass is 380 g/mol. The van der Waals surface area contributed by atoms with Crippen molar-refractivity contribution in [3.63, 3.8) is 0 Å². The minimum atomic E-state index is 0.731. The Morgan fingerprint density at radius 3 is 2.67 bits per heavy atom. The summed E-state index contributed by atoms with van der Waals surface area (Å²) in [6.07, 6.45) is 2.04. The van der Waals surface area contributed by atoms with E-state index in [0.29, 0.717) is 0 Å². The van der Waals surface area contributed by atoms with Crippen molar-refractivity contribution in [3.05, 3.63) is 53.2 Å². The molecule has 6 nitrogen and oxygen atoms in total. The molecule has 138 valence electrons. The Morgan fingerprint density at radius 1 is 1.04 bits per heavy atom. The number of nitrogens with zero attached hydrogens (tertiary/aromatic N) is 3. The molecular weight excluding hydrogens is 360 g/mol. The van der Waals surface area contributed by atoms with Crippen LogP contribution in [0.15, 0.2) is 41.9 Å². The molecule has 1 N–H and O–H groups in total. The topological polar surface area (TPSA) is 60.7 Å². The Bertz CT molecular complexity index is 1120. The zero-order valence-corrected chi connectivity index (χ0v) is 16.4. The highest BCUT2D eigenvalue weighted by molar-refractivity contribution is 7.14. The highest BCUT2D eigenvalue weighted by Crippen LogP contribution is 2.34. The van der Waals surface area contributed by atoms with Crippen molar-refractivity contribution in [3.8, 4) is 22.9 Å². The molecular formula is C20H20N4O2S. The van der Waals surface area contributed by atoms with Gasteiger partial charge in [-0.15, -0.1) is 11.3 Å². The summed E-state index contributed by atoms with van der Waals surface area (Å²) in [6, 6.07) is 9.77. The van der Waals surface area contributed by atoms with Gasteiger partial charge in [0.1, 0.15) is 22.8 Å². The summed E-state index contributed by atoms with van der Waals surface area (Å²) in [5.41, 5.74) is 5.77. The van der Waals surface area contributed by atoms with E-state index >= 15 is 0 Å². The maximum Gasteiger partial charge on any atom is 0.187 e. The van der Waals surface area contributed by atoms with Gasteiger partial charge in [-0.2, -0.15) is 0 Å². The number of methoxy groups -OCH3 is 2. The van der Waals surface area contributed by atoms with Crippen molar-refractivity contribution >= 4 is 27.8 Å². The van der Waals surface area contributed by atoms with Crippen LogP contribution in [-0.4, -0.2) is 28.6 Å². The van der Waals surface area contributed by atoms with E-state index in [1.54, 1.807) is 14.2 Å². The number of nitrogens with one attached hydrogen (secondary N) is 1. The van der Waals surface area contributed by atoms with Crippen LogP contribution in [-0.2, 0) is 0 Å². The van der Waals surface area contributed by atoms with Gasteiger partial charge in [-0.25, -0.2) is 9.97 Å². The normalized spacial score (nSPS) is 11.0. The van der Waals surface area contributed by atoms with Crippen molar-refractivity contribution in [1.82, 2.24) is 14.4 Å². The Balaban J connectivity index is 1.70. The SMILES string of the molecule is COc1ccc(OC)c(Nc2nc(-c3c(C)nc4cc(C)ccn34)cs2)c1. The van der Waals surface area contributed by atoms with E-state index in [0.717, 1.165) is 45.0 Å². The summed E-state index contributed by atoms with van der Waals surface area (Å²) in [6.45, 7) is 4.07. The number of aromatic nitrogens is 3. The smallest absolute Gasteiger partial charge is 0.187 e. The molecule has 3 aromatic heterocycles. The summed E-state index contributed by atoms with van der Waals surface area (Å²) in [4.78, 5) is 9.43. The van der Waals surface area contributed by atoms with Gasteiger partial charge in [0, 0.05) is 17.6 Å². The Kier molecular flexibility index (Phi) is 4.45. The molecule has 0 bridgehead atoms. The lowest BCUT2D eigenvalue weighted by Gasteiger charge is -2.10. The van der Waals surface area contributed by atoms with Crippen molar-refractivity contribution in [2.75, 3.05) is 19.5 Å². The van der Waals surface area contributed by atoms with Gasteiger partial charge in [0.25, 0.3) is 0 Å². The van der Waals surface area contributed by atoms with Crippen LogP contribution in [0, 0.1) is 13.8 Å². The third kappa shape index (κ3) is 3.21. The lowest BCUT2D eigenvalue weighted by molar-refractivity contribution is 0.405. The van der Waals surface area contributed by atoms with Crippen molar-refractivity contribution in [1.29, 1.82) is 0 Å². The first-order valence-electron chi connectivity index (χ1n) is 8.49.